The Labute approximate surface area is 192 Å². The first-order valence-corrected chi connectivity index (χ1v) is 10.7. The second kappa shape index (κ2) is 8.19. The van der Waals surface area contributed by atoms with Gasteiger partial charge in [-0.2, -0.15) is 4.98 Å². The third kappa shape index (κ3) is 3.71. The molecule has 34 heavy (non-hydrogen) atoms. The van der Waals surface area contributed by atoms with Crippen LogP contribution in [-0.4, -0.2) is 61.4 Å². The highest BCUT2D eigenvalue weighted by atomic mass is 19.1. The first-order chi connectivity index (χ1) is 16.6. The number of nitrogens with zero attached hydrogens (tertiary/aromatic N) is 7. The van der Waals surface area contributed by atoms with Gasteiger partial charge >= 0.3 is 0 Å². The van der Waals surface area contributed by atoms with Crippen molar-refractivity contribution >= 4 is 39.1 Å². The van der Waals surface area contributed by atoms with Crippen LogP contribution in [-0.2, 0) is 4.74 Å². The first kappa shape index (κ1) is 20.2. The molecule has 0 saturated carbocycles. The zero-order chi connectivity index (χ0) is 23.1. The summed E-state index contributed by atoms with van der Waals surface area (Å²) in [7, 11) is 0. The number of hydrogen-bond donors (Lipinski definition) is 2. The van der Waals surface area contributed by atoms with Gasteiger partial charge in [0.2, 0.25) is 0 Å². The molecule has 0 unspecified atom stereocenters. The second-order valence-electron chi connectivity index (χ2n) is 7.83. The van der Waals surface area contributed by atoms with Crippen LogP contribution in [0.5, 0.6) is 5.75 Å². The molecule has 1 saturated heterocycles. The van der Waals surface area contributed by atoms with Crippen LogP contribution >= 0.6 is 0 Å². The number of phenolic OH excluding ortho intramolecular Hbond substituents is 1. The van der Waals surface area contributed by atoms with E-state index in [0.717, 1.165) is 23.0 Å². The van der Waals surface area contributed by atoms with Crippen molar-refractivity contribution in [1.82, 2.24) is 29.9 Å². The molecule has 11 heteroatoms. The van der Waals surface area contributed by atoms with E-state index in [0.29, 0.717) is 42.9 Å². The van der Waals surface area contributed by atoms with Gasteiger partial charge in [-0.25, -0.2) is 9.37 Å². The Bertz CT molecular complexity index is 1520. The van der Waals surface area contributed by atoms with E-state index in [9.17, 15) is 9.50 Å². The number of aromatic hydroxyl groups is 1. The maximum Gasteiger partial charge on any atom is 0.270 e. The summed E-state index contributed by atoms with van der Waals surface area (Å²) in [5.74, 6) is 0.0628. The fourth-order valence-electron chi connectivity index (χ4n) is 3.92. The van der Waals surface area contributed by atoms with Gasteiger partial charge in [0.05, 0.1) is 31.3 Å². The number of ether oxygens (including phenoxy) is 1. The van der Waals surface area contributed by atoms with Crippen LogP contribution < -0.4 is 10.2 Å². The molecule has 0 atom stereocenters. The molecule has 6 rings (SSSR count). The molecular formula is C23H19FN8O2. The van der Waals surface area contributed by atoms with Crippen molar-refractivity contribution in [2.75, 3.05) is 36.5 Å². The average molecular weight is 458 g/mol. The lowest BCUT2D eigenvalue weighted by Gasteiger charge is -2.27. The minimum atomic E-state index is -0.499. The van der Waals surface area contributed by atoms with Gasteiger partial charge in [0.25, 0.3) is 5.95 Å². The number of morpholine rings is 1. The van der Waals surface area contributed by atoms with E-state index in [1.807, 2.05) is 29.2 Å². The molecule has 1 aliphatic rings. The molecule has 5 aromatic rings. The van der Waals surface area contributed by atoms with Gasteiger partial charge in [-0.15, -0.1) is 15.0 Å². The van der Waals surface area contributed by atoms with Crippen molar-refractivity contribution in [1.29, 1.82) is 0 Å². The number of aromatic nitrogens is 6. The molecule has 0 amide bonds. The number of pyridine rings is 1. The lowest BCUT2D eigenvalue weighted by atomic mass is 10.2. The van der Waals surface area contributed by atoms with Gasteiger partial charge < -0.3 is 20.1 Å². The lowest BCUT2D eigenvalue weighted by Crippen LogP contribution is -2.37. The van der Waals surface area contributed by atoms with Crippen molar-refractivity contribution in [3.8, 4) is 11.7 Å². The maximum absolute atomic E-state index is 14.4. The molecule has 0 bridgehead atoms. The van der Waals surface area contributed by atoms with E-state index < -0.39 is 5.82 Å². The number of nitrogens with one attached hydrogen (secondary N) is 1. The van der Waals surface area contributed by atoms with Crippen molar-refractivity contribution in [2.24, 2.45) is 0 Å². The van der Waals surface area contributed by atoms with Crippen molar-refractivity contribution in [3.05, 3.63) is 60.7 Å². The topological polar surface area (TPSA) is 114 Å². The van der Waals surface area contributed by atoms with Crippen molar-refractivity contribution < 1.29 is 14.2 Å². The summed E-state index contributed by atoms with van der Waals surface area (Å²) in [6.45, 7) is 2.13. The molecular weight excluding hydrogens is 439 g/mol. The highest BCUT2D eigenvalue weighted by molar-refractivity contribution is 6.02. The normalized spacial score (nSPS) is 14.1. The predicted molar refractivity (Wildman–Crippen MR) is 124 cm³/mol. The van der Waals surface area contributed by atoms with Gasteiger partial charge in [0.15, 0.2) is 11.6 Å². The van der Waals surface area contributed by atoms with Crippen LogP contribution in [0, 0.1) is 5.82 Å². The number of halogens is 1. The Morgan fingerprint density at radius 3 is 2.68 bits per heavy atom. The molecule has 4 heterocycles. The third-order valence-corrected chi connectivity index (χ3v) is 5.54. The number of hydrogen-bond acceptors (Lipinski definition) is 9. The molecule has 170 valence electrons. The number of phenols is 1. The molecule has 0 aliphatic carbocycles. The van der Waals surface area contributed by atoms with E-state index in [1.54, 1.807) is 24.4 Å². The predicted octanol–water partition coefficient (Wildman–Crippen LogP) is 3.18. The number of benzene rings is 2. The fraction of sp³-hybridized carbons (Fsp3) is 0.174. The van der Waals surface area contributed by atoms with Gasteiger partial charge in [-0.05, 0) is 24.3 Å². The molecule has 1 aliphatic heterocycles. The molecule has 2 aromatic carbocycles. The molecule has 0 spiro atoms. The molecule has 10 nitrogen and oxygen atoms in total. The summed E-state index contributed by atoms with van der Waals surface area (Å²) in [4.78, 5) is 16.2. The van der Waals surface area contributed by atoms with Gasteiger partial charge in [0.1, 0.15) is 22.3 Å². The van der Waals surface area contributed by atoms with Crippen LogP contribution in [0.3, 0.4) is 0 Å². The Morgan fingerprint density at radius 1 is 0.941 bits per heavy atom. The van der Waals surface area contributed by atoms with E-state index in [4.69, 9.17) is 4.74 Å². The SMILES string of the molecule is Oc1cccc(Nc2cnc3c(ccc4nn(-c5ncc(F)c(N6CCOCC6)n5)nc43)c2)c1. The zero-order valence-corrected chi connectivity index (χ0v) is 17.9. The average Bonchev–Trinajstić information content (AvgIpc) is 3.30. The molecule has 0 radical (unpaired) electrons. The fourth-order valence-corrected chi connectivity index (χ4v) is 3.92. The summed E-state index contributed by atoms with van der Waals surface area (Å²) in [6, 6.07) is 12.5. The van der Waals surface area contributed by atoms with Crippen LogP contribution in [0.2, 0.25) is 0 Å². The summed E-state index contributed by atoms with van der Waals surface area (Å²) < 4.78 is 19.8. The Balaban J connectivity index is 1.36. The van der Waals surface area contributed by atoms with Gasteiger partial charge in [-0.3, -0.25) is 4.98 Å². The second-order valence-corrected chi connectivity index (χ2v) is 7.83. The smallest absolute Gasteiger partial charge is 0.270 e. The van der Waals surface area contributed by atoms with E-state index in [1.165, 1.54) is 4.80 Å². The summed E-state index contributed by atoms with van der Waals surface area (Å²) in [6.07, 6.45) is 2.83. The monoisotopic (exact) mass is 458 g/mol. The first-order valence-electron chi connectivity index (χ1n) is 10.7. The van der Waals surface area contributed by atoms with Crippen molar-refractivity contribution in [2.45, 2.75) is 0 Å². The molecule has 1 fully saturated rings. The Hall–Kier alpha value is -4.38. The van der Waals surface area contributed by atoms with Gasteiger partial charge in [0, 0.05) is 30.2 Å². The highest BCUT2D eigenvalue weighted by Gasteiger charge is 2.19. The summed E-state index contributed by atoms with van der Waals surface area (Å²) >= 11 is 0. The summed E-state index contributed by atoms with van der Waals surface area (Å²) in [5.41, 5.74) is 3.39. The number of rotatable bonds is 4. The molecule has 3 aromatic heterocycles. The highest BCUT2D eigenvalue weighted by Crippen LogP contribution is 2.27. The van der Waals surface area contributed by atoms with E-state index >= 15 is 0 Å². The number of fused-ring (bicyclic) bond motifs is 3. The van der Waals surface area contributed by atoms with Crippen LogP contribution in [0.15, 0.2) is 54.9 Å². The Kier molecular flexibility index (Phi) is 4.88. The van der Waals surface area contributed by atoms with Crippen molar-refractivity contribution in [3.63, 3.8) is 0 Å². The number of anilines is 3. The van der Waals surface area contributed by atoms with Crippen LogP contribution in [0.25, 0.3) is 27.9 Å². The zero-order valence-electron chi connectivity index (χ0n) is 17.9. The van der Waals surface area contributed by atoms with Gasteiger partial charge in [-0.1, -0.05) is 12.1 Å². The largest absolute Gasteiger partial charge is 0.508 e. The van der Waals surface area contributed by atoms with Crippen LogP contribution in [0.4, 0.5) is 21.6 Å². The van der Waals surface area contributed by atoms with Crippen LogP contribution in [0.1, 0.15) is 0 Å². The molecule has 2 N–H and O–H groups in total. The third-order valence-electron chi connectivity index (χ3n) is 5.54. The minimum Gasteiger partial charge on any atom is -0.508 e. The Morgan fingerprint density at radius 2 is 1.82 bits per heavy atom. The standard InChI is InChI=1S/C23H19FN8O2/c24-18-13-26-23(28-22(18)31-6-8-34-9-7-31)32-29-19-5-4-14-10-16(12-25-20(14)21(19)30-32)27-15-2-1-3-17(33)11-15/h1-5,10-13,27,33H,6-9H2. The lowest BCUT2D eigenvalue weighted by molar-refractivity contribution is 0.122. The maximum atomic E-state index is 14.4. The van der Waals surface area contributed by atoms with E-state index in [-0.39, 0.29) is 17.5 Å². The van der Waals surface area contributed by atoms with E-state index in [2.05, 4.69) is 30.5 Å². The minimum absolute atomic E-state index is 0.175. The summed E-state index contributed by atoms with van der Waals surface area (Å²) in [5, 5.41) is 22.8. The quantitative estimate of drug-likeness (QED) is 0.419.